The highest BCUT2D eigenvalue weighted by Crippen LogP contribution is 2.09. The molecule has 0 spiro atoms. The van der Waals surface area contributed by atoms with E-state index >= 15 is 0 Å². The number of benzene rings is 1. The number of nitriles is 1. The number of nitrogens with zero attached hydrogens (tertiary/aromatic N) is 3. The summed E-state index contributed by atoms with van der Waals surface area (Å²) in [7, 11) is 0. The van der Waals surface area contributed by atoms with Crippen molar-refractivity contribution in [2.24, 2.45) is 0 Å². The van der Waals surface area contributed by atoms with Gasteiger partial charge < -0.3 is 0 Å². The number of halogens is 1. The van der Waals surface area contributed by atoms with E-state index in [1.165, 1.54) is 0 Å². The lowest BCUT2D eigenvalue weighted by Gasteiger charge is -2.01. The second-order valence-corrected chi connectivity index (χ2v) is 4.08. The van der Waals surface area contributed by atoms with Crippen LogP contribution in [-0.2, 0) is 6.54 Å². The van der Waals surface area contributed by atoms with Crippen molar-refractivity contribution in [3.8, 4) is 6.07 Å². The Balaban J connectivity index is 2.15. The molecular formula is C11H8BrN3. The second-order valence-electron chi connectivity index (χ2n) is 3.16. The Kier molecular flexibility index (Phi) is 2.84. The molecule has 2 aromatic rings. The fourth-order valence-electron chi connectivity index (χ4n) is 1.30. The average molecular weight is 262 g/mol. The van der Waals surface area contributed by atoms with E-state index < -0.39 is 0 Å². The van der Waals surface area contributed by atoms with Crippen LogP contribution in [0.5, 0.6) is 0 Å². The maximum Gasteiger partial charge on any atom is 0.0991 e. The van der Waals surface area contributed by atoms with E-state index in [2.05, 4.69) is 27.1 Å². The quantitative estimate of drug-likeness (QED) is 0.834. The Bertz CT molecular complexity index is 493. The summed E-state index contributed by atoms with van der Waals surface area (Å²) in [5.41, 5.74) is 1.81. The largest absolute Gasteiger partial charge is 0.267 e. The predicted molar refractivity (Wildman–Crippen MR) is 60.2 cm³/mol. The summed E-state index contributed by atoms with van der Waals surface area (Å²) in [6, 6.07) is 9.60. The first-order chi connectivity index (χ1) is 7.28. The van der Waals surface area contributed by atoms with Crippen LogP contribution in [0.25, 0.3) is 0 Å². The molecule has 0 saturated heterocycles. The normalized spacial score (nSPS) is 9.87. The smallest absolute Gasteiger partial charge is 0.0991 e. The van der Waals surface area contributed by atoms with Gasteiger partial charge in [-0.25, -0.2) is 0 Å². The van der Waals surface area contributed by atoms with Gasteiger partial charge in [-0.15, -0.1) is 0 Å². The van der Waals surface area contributed by atoms with Crippen LogP contribution in [0.1, 0.15) is 11.1 Å². The Morgan fingerprint density at radius 3 is 2.60 bits per heavy atom. The Hall–Kier alpha value is -1.60. The van der Waals surface area contributed by atoms with Crippen molar-refractivity contribution >= 4 is 15.9 Å². The van der Waals surface area contributed by atoms with Gasteiger partial charge in [-0.1, -0.05) is 12.1 Å². The standard InChI is InChI=1S/C11H8BrN3/c12-11-6-14-15(8-11)7-10-3-1-9(5-13)2-4-10/h1-4,6,8H,7H2. The molecule has 2 rings (SSSR count). The molecule has 0 saturated carbocycles. The number of hydrogen-bond acceptors (Lipinski definition) is 2. The number of aromatic nitrogens is 2. The van der Waals surface area contributed by atoms with E-state index in [9.17, 15) is 0 Å². The molecular weight excluding hydrogens is 254 g/mol. The van der Waals surface area contributed by atoms with Crippen LogP contribution < -0.4 is 0 Å². The molecule has 0 unspecified atom stereocenters. The van der Waals surface area contributed by atoms with Gasteiger partial charge >= 0.3 is 0 Å². The molecule has 0 N–H and O–H groups in total. The van der Waals surface area contributed by atoms with Crippen LogP contribution in [0.4, 0.5) is 0 Å². The Morgan fingerprint density at radius 2 is 2.07 bits per heavy atom. The maximum atomic E-state index is 8.65. The second kappa shape index (κ2) is 4.28. The van der Waals surface area contributed by atoms with Crippen LogP contribution in [0.3, 0.4) is 0 Å². The summed E-state index contributed by atoms with van der Waals surface area (Å²) in [5.74, 6) is 0. The molecule has 74 valence electrons. The summed E-state index contributed by atoms with van der Waals surface area (Å²) < 4.78 is 2.81. The van der Waals surface area contributed by atoms with E-state index in [0.29, 0.717) is 5.56 Å². The van der Waals surface area contributed by atoms with Crippen LogP contribution in [-0.4, -0.2) is 9.78 Å². The van der Waals surface area contributed by atoms with Crippen molar-refractivity contribution in [1.82, 2.24) is 9.78 Å². The summed E-state index contributed by atoms with van der Waals surface area (Å²) >= 11 is 3.34. The van der Waals surface area contributed by atoms with Gasteiger partial charge in [0.2, 0.25) is 0 Å². The lowest BCUT2D eigenvalue weighted by molar-refractivity contribution is 0.686. The van der Waals surface area contributed by atoms with Crippen molar-refractivity contribution in [3.63, 3.8) is 0 Å². The highest BCUT2D eigenvalue weighted by Gasteiger charge is 1.97. The minimum Gasteiger partial charge on any atom is -0.267 e. The van der Waals surface area contributed by atoms with Crippen molar-refractivity contribution in [2.75, 3.05) is 0 Å². The molecule has 0 aliphatic rings. The van der Waals surface area contributed by atoms with E-state index in [1.807, 2.05) is 35.1 Å². The lowest BCUT2D eigenvalue weighted by atomic mass is 10.1. The first kappa shape index (κ1) is 9.94. The van der Waals surface area contributed by atoms with Crippen molar-refractivity contribution in [2.45, 2.75) is 6.54 Å². The Labute approximate surface area is 96.1 Å². The summed E-state index contributed by atoms with van der Waals surface area (Å²) in [4.78, 5) is 0. The summed E-state index contributed by atoms with van der Waals surface area (Å²) in [5, 5.41) is 12.8. The molecule has 1 heterocycles. The molecule has 3 nitrogen and oxygen atoms in total. The molecule has 0 bridgehead atoms. The summed E-state index contributed by atoms with van der Waals surface area (Å²) in [6.07, 6.45) is 3.67. The van der Waals surface area contributed by atoms with Crippen LogP contribution in [0, 0.1) is 11.3 Å². The first-order valence-corrected chi connectivity index (χ1v) is 5.24. The van der Waals surface area contributed by atoms with Crippen molar-refractivity contribution < 1.29 is 0 Å². The maximum absolute atomic E-state index is 8.65. The monoisotopic (exact) mass is 261 g/mol. The van der Waals surface area contributed by atoms with Gasteiger partial charge in [0.15, 0.2) is 0 Å². The SMILES string of the molecule is N#Cc1ccc(Cn2cc(Br)cn2)cc1. The first-order valence-electron chi connectivity index (χ1n) is 4.45. The van der Waals surface area contributed by atoms with Gasteiger partial charge in [-0.05, 0) is 33.6 Å². The van der Waals surface area contributed by atoms with Gasteiger partial charge in [-0.3, -0.25) is 4.68 Å². The third-order valence-electron chi connectivity index (χ3n) is 2.03. The summed E-state index contributed by atoms with van der Waals surface area (Å²) in [6.45, 7) is 0.720. The molecule has 0 atom stereocenters. The zero-order chi connectivity index (χ0) is 10.7. The molecule has 0 fully saturated rings. The third kappa shape index (κ3) is 2.45. The number of hydrogen-bond donors (Lipinski definition) is 0. The molecule has 0 radical (unpaired) electrons. The number of rotatable bonds is 2. The predicted octanol–water partition coefficient (Wildman–Crippen LogP) is 2.57. The molecule has 1 aromatic heterocycles. The molecule has 4 heteroatoms. The molecule has 1 aromatic carbocycles. The van der Waals surface area contributed by atoms with E-state index in [1.54, 1.807) is 6.20 Å². The van der Waals surface area contributed by atoms with E-state index in [4.69, 9.17) is 5.26 Å². The third-order valence-corrected chi connectivity index (χ3v) is 2.44. The van der Waals surface area contributed by atoms with Gasteiger partial charge in [0.05, 0.1) is 28.8 Å². The van der Waals surface area contributed by atoms with Crippen molar-refractivity contribution in [3.05, 3.63) is 52.3 Å². The molecule has 0 aliphatic carbocycles. The van der Waals surface area contributed by atoms with Gasteiger partial charge in [0, 0.05) is 6.20 Å². The zero-order valence-corrected chi connectivity index (χ0v) is 9.48. The fraction of sp³-hybridized carbons (Fsp3) is 0.0909. The van der Waals surface area contributed by atoms with E-state index in [-0.39, 0.29) is 0 Å². The highest BCUT2D eigenvalue weighted by atomic mass is 79.9. The van der Waals surface area contributed by atoms with E-state index in [0.717, 1.165) is 16.6 Å². The lowest BCUT2D eigenvalue weighted by Crippen LogP contribution is -1.99. The van der Waals surface area contributed by atoms with Gasteiger partial charge in [-0.2, -0.15) is 10.4 Å². The van der Waals surface area contributed by atoms with Crippen LogP contribution in [0.2, 0.25) is 0 Å². The van der Waals surface area contributed by atoms with Crippen molar-refractivity contribution in [1.29, 1.82) is 5.26 Å². The highest BCUT2D eigenvalue weighted by molar-refractivity contribution is 9.10. The minimum absolute atomic E-state index is 0.681. The van der Waals surface area contributed by atoms with Gasteiger partial charge in [0.1, 0.15) is 0 Å². The average Bonchev–Trinajstić information content (AvgIpc) is 2.65. The topological polar surface area (TPSA) is 41.6 Å². The van der Waals surface area contributed by atoms with Crippen LogP contribution >= 0.6 is 15.9 Å². The van der Waals surface area contributed by atoms with Crippen LogP contribution in [0.15, 0.2) is 41.1 Å². The fourth-order valence-corrected chi connectivity index (χ4v) is 1.62. The van der Waals surface area contributed by atoms with Gasteiger partial charge in [0.25, 0.3) is 0 Å². The molecule has 15 heavy (non-hydrogen) atoms. The zero-order valence-electron chi connectivity index (χ0n) is 7.89. The Morgan fingerprint density at radius 1 is 1.33 bits per heavy atom. The minimum atomic E-state index is 0.681. The molecule has 0 amide bonds. The molecule has 0 aliphatic heterocycles.